The largest absolute Gasteiger partial charge is 0.312 e. The van der Waals surface area contributed by atoms with E-state index in [4.69, 9.17) is 0 Å². The molecule has 1 aromatic rings. The van der Waals surface area contributed by atoms with Crippen molar-refractivity contribution in [1.82, 2.24) is 15.1 Å². The van der Waals surface area contributed by atoms with Gasteiger partial charge in [0, 0.05) is 31.9 Å². The summed E-state index contributed by atoms with van der Waals surface area (Å²) >= 11 is 0. The molecule has 0 aliphatic heterocycles. The first kappa shape index (κ1) is 11.6. The number of nitrogens with one attached hydrogen (secondary N) is 1. The number of hydrogen-bond donors (Lipinski definition) is 1. The Morgan fingerprint density at radius 1 is 1.44 bits per heavy atom. The third-order valence-corrected chi connectivity index (χ3v) is 3.85. The van der Waals surface area contributed by atoms with Crippen LogP contribution in [0.25, 0.3) is 0 Å². The average molecular weight is 221 g/mol. The second-order valence-electron chi connectivity index (χ2n) is 5.09. The average Bonchev–Trinajstić information content (AvgIpc) is 2.97. The Balaban J connectivity index is 1.84. The van der Waals surface area contributed by atoms with Gasteiger partial charge in [0.25, 0.3) is 0 Å². The van der Waals surface area contributed by atoms with E-state index in [2.05, 4.69) is 30.5 Å². The van der Waals surface area contributed by atoms with Crippen LogP contribution in [0, 0.1) is 5.41 Å². The van der Waals surface area contributed by atoms with Crippen LogP contribution in [-0.2, 0) is 20.0 Å². The van der Waals surface area contributed by atoms with E-state index in [-0.39, 0.29) is 0 Å². The molecule has 1 heterocycles. The molecule has 0 unspecified atom stereocenters. The Hall–Kier alpha value is -0.830. The summed E-state index contributed by atoms with van der Waals surface area (Å²) in [7, 11) is 2.00. The Morgan fingerprint density at radius 3 is 2.75 bits per heavy atom. The third-order valence-electron chi connectivity index (χ3n) is 3.85. The predicted octanol–water partition coefficient (Wildman–Crippen LogP) is 2.26. The molecule has 3 nitrogen and oxygen atoms in total. The van der Waals surface area contributed by atoms with Gasteiger partial charge in [0.2, 0.25) is 0 Å². The van der Waals surface area contributed by atoms with Crippen molar-refractivity contribution < 1.29 is 0 Å². The van der Waals surface area contributed by atoms with Gasteiger partial charge < -0.3 is 5.32 Å². The summed E-state index contributed by atoms with van der Waals surface area (Å²) in [5.41, 5.74) is 3.22. The fourth-order valence-electron chi connectivity index (χ4n) is 2.32. The molecule has 0 radical (unpaired) electrons. The fraction of sp³-hybridized carbons (Fsp3) is 0.769. The van der Waals surface area contributed by atoms with E-state index in [1.54, 1.807) is 0 Å². The van der Waals surface area contributed by atoms with Gasteiger partial charge in [-0.1, -0.05) is 13.8 Å². The van der Waals surface area contributed by atoms with Gasteiger partial charge in [-0.2, -0.15) is 5.10 Å². The Labute approximate surface area is 98.2 Å². The molecule has 0 atom stereocenters. The molecule has 16 heavy (non-hydrogen) atoms. The number of rotatable bonds is 6. The molecule has 0 saturated heterocycles. The molecule has 3 heteroatoms. The molecule has 1 N–H and O–H groups in total. The van der Waals surface area contributed by atoms with Gasteiger partial charge in [-0.05, 0) is 31.1 Å². The maximum Gasteiger partial charge on any atom is 0.0666 e. The highest BCUT2D eigenvalue weighted by Gasteiger charge is 2.39. The Bertz CT molecular complexity index is 350. The van der Waals surface area contributed by atoms with Gasteiger partial charge in [0.15, 0.2) is 0 Å². The van der Waals surface area contributed by atoms with Crippen molar-refractivity contribution in [3.8, 4) is 0 Å². The summed E-state index contributed by atoms with van der Waals surface area (Å²) in [5.74, 6) is 0. The standard InChI is InChI=1S/C13H23N3/c1-4-12-11(9-16(3)15-12)8-14-10-13(5-2)6-7-13/h9,14H,4-8,10H2,1-3H3. The molecule has 1 saturated carbocycles. The van der Waals surface area contributed by atoms with Gasteiger partial charge >= 0.3 is 0 Å². The van der Waals surface area contributed by atoms with E-state index in [0.29, 0.717) is 5.41 Å². The smallest absolute Gasteiger partial charge is 0.0666 e. The van der Waals surface area contributed by atoms with Crippen LogP contribution in [0.4, 0.5) is 0 Å². The highest BCUT2D eigenvalue weighted by molar-refractivity contribution is 5.16. The molecule has 1 aromatic heterocycles. The summed E-state index contributed by atoms with van der Waals surface area (Å²) in [6, 6.07) is 0. The summed E-state index contributed by atoms with van der Waals surface area (Å²) in [6.45, 7) is 6.61. The summed E-state index contributed by atoms with van der Waals surface area (Å²) < 4.78 is 1.92. The van der Waals surface area contributed by atoms with Crippen LogP contribution in [-0.4, -0.2) is 16.3 Å². The zero-order valence-corrected chi connectivity index (χ0v) is 10.7. The Kier molecular flexibility index (Phi) is 3.33. The molecular formula is C13H23N3. The summed E-state index contributed by atoms with van der Waals surface area (Å²) in [6.07, 6.45) is 7.29. The minimum absolute atomic E-state index is 0.634. The number of aromatic nitrogens is 2. The van der Waals surface area contributed by atoms with Gasteiger partial charge in [-0.25, -0.2) is 0 Å². The number of nitrogens with zero attached hydrogens (tertiary/aromatic N) is 2. The van der Waals surface area contributed by atoms with Crippen molar-refractivity contribution in [2.24, 2.45) is 12.5 Å². The molecule has 0 spiro atoms. The minimum atomic E-state index is 0.634. The lowest BCUT2D eigenvalue weighted by molar-refractivity contribution is 0.443. The zero-order valence-electron chi connectivity index (χ0n) is 10.7. The monoisotopic (exact) mass is 221 g/mol. The van der Waals surface area contributed by atoms with Crippen molar-refractivity contribution in [2.45, 2.75) is 46.1 Å². The highest BCUT2D eigenvalue weighted by atomic mass is 15.3. The van der Waals surface area contributed by atoms with Crippen molar-refractivity contribution >= 4 is 0 Å². The summed E-state index contributed by atoms with van der Waals surface area (Å²) in [5, 5.41) is 8.05. The molecule has 1 fully saturated rings. The molecular weight excluding hydrogens is 198 g/mol. The molecule has 2 rings (SSSR count). The Morgan fingerprint density at radius 2 is 2.19 bits per heavy atom. The minimum Gasteiger partial charge on any atom is -0.312 e. The van der Waals surface area contributed by atoms with Crippen LogP contribution in [0.1, 0.15) is 44.4 Å². The maximum atomic E-state index is 4.46. The maximum absolute atomic E-state index is 4.46. The van der Waals surface area contributed by atoms with E-state index >= 15 is 0 Å². The lowest BCUT2D eigenvalue weighted by Gasteiger charge is -2.13. The first-order chi connectivity index (χ1) is 7.69. The van der Waals surface area contributed by atoms with Crippen LogP contribution >= 0.6 is 0 Å². The van der Waals surface area contributed by atoms with Gasteiger partial charge in [0.1, 0.15) is 0 Å². The van der Waals surface area contributed by atoms with Crippen LogP contribution in [0.3, 0.4) is 0 Å². The van der Waals surface area contributed by atoms with Crippen LogP contribution in [0.15, 0.2) is 6.20 Å². The van der Waals surface area contributed by atoms with Crippen LogP contribution in [0.2, 0.25) is 0 Å². The topological polar surface area (TPSA) is 29.9 Å². The van der Waals surface area contributed by atoms with Crippen molar-refractivity contribution in [3.05, 3.63) is 17.5 Å². The second kappa shape index (κ2) is 4.58. The first-order valence-corrected chi connectivity index (χ1v) is 6.41. The van der Waals surface area contributed by atoms with E-state index in [9.17, 15) is 0 Å². The fourth-order valence-corrected chi connectivity index (χ4v) is 2.32. The third kappa shape index (κ3) is 2.46. The molecule has 0 amide bonds. The van der Waals surface area contributed by atoms with E-state index in [0.717, 1.165) is 13.0 Å². The lowest BCUT2D eigenvalue weighted by Crippen LogP contribution is -2.23. The first-order valence-electron chi connectivity index (χ1n) is 6.41. The number of aryl methyl sites for hydroxylation is 2. The normalized spacial score (nSPS) is 17.7. The van der Waals surface area contributed by atoms with E-state index in [1.807, 2.05) is 11.7 Å². The second-order valence-corrected chi connectivity index (χ2v) is 5.09. The predicted molar refractivity (Wildman–Crippen MR) is 66.3 cm³/mol. The van der Waals surface area contributed by atoms with Gasteiger partial charge in [-0.3, -0.25) is 4.68 Å². The summed E-state index contributed by atoms with van der Waals surface area (Å²) in [4.78, 5) is 0. The lowest BCUT2D eigenvalue weighted by atomic mass is 10.0. The molecule has 0 bridgehead atoms. The number of hydrogen-bond acceptors (Lipinski definition) is 2. The molecule has 0 aromatic carbocycles. The van der Waals surface area contributed by atoms with Gasteiger partial charge in [-0.15, -0.1) is 0 Å². The molecule has 90 valence electrons. The quantitative estimate of drug-likeness (QED) is 0.798. The zero-order chi connectivity index (χ0) is 11.6. The van der Waals surface area contributed by atoms with Crippen LogP contribution < -0.4 is 5.32 Å². The van der Waals surface area contributed by atoms with E-state index in [1.165, 1.54) is 37.1 Å². The van der Waals surface area contributed by atoms with Gasteiger partial charge in [0.05, 0.1) is 5.69 Å². The highest BCUT2D eigenvalue weighted by Crippen LogP contribution is 2.47. The van der Waals surface area contributed by atoms with E-state index < -0.39 is 0 Å². The van der Waals surface area contributed by atoms with Crippen LogP contribution in [0.5, 0.6) is 0 Å². The van der Waals surface area contributed by atoms with Crippen molar-refractivity contribution in [1.29, 1.82) is 0 Å². The molecule has 1 aliphatic carbocycles. The molecule has 1 aliphatic rings. The SMILES string of the molecule is CCc1nn(C)cc1CNCC1(CC)CC1. The van der Waals surface area contributed by atoms with Crippen molar-refractivity contribution in [2.75, 3.05) is 6.54 Å². The van der Waals surface area contributed by atoms with Crippen molar-refractivity contribution in [3.63, 3.8) is 0 Å².